The Hall–Kier alpha value is -3.41. The molecule has 6 nitrogen and oxygen atoms in total. The van der Waals surface area contributed by atoms with Gasteiger partial charge in [-0.15, -0.1) is 0 Å². The van der Waals surface area contributed by atoms with Crippen LogP contribution in [0.25, 0.3) is 10.9 Å². The summed E-state index contributed by atoms with van der Waals surface area (Å²) < 4.78 is 6.87. The van der Waals surface area contributed by atoms with Gasteiger partial charge in [0.1, 0.15) is 5.75 Å². The highest BCUT2D eigenvalue weighted by Gasteiger charge is 2.23. The molecule has 136 valence electrons. The molecule has 1 aliphatic heterocycles. The monoisotopic (exact) mass is 362 g/mol. The molecule has 3 aromatic rings. The Kier molecular flexibility index (Phi) is 4.03. The van der Waals surface area contributed by atoms with Gasteiger partial charge in [-0.25, -0.2) is 0 Å². The first-order valence-corrected chi connectivity index (χ1v) is 8.61. The van der Waals surface area contributed by atoms with E-state index in [0.717, 1.165) is 16.5 Å². The largest absolute Gasteiger partial charge is 0.482 e. The Morgan fingerprint density at radius 3 is 2.70 bits per heavy atom. The van der Waals surface area contributed by atoms with Crippen LogP contribution in [0.1, 0.15) is 15.9 Å². The summed E-state index contributed by atoms with van der Waals surface area (Å²) in [4.78, 5) is 38.6. The van der Waals surface area contributed by atoms with Crippen molar-refractivity contribution in [1.82, 2.24) is 4.57 Å². The lowest BCUT2D eigenvalue weighted by Gasteiger charge is -2.26. The molecule has 6 heteroatoms. The number of ether oxygens (including phenoxy) is 1. The molecule has 0 radical (unpaired) electrons. The fourth-order valence-corrected chi connectivity index (χ4v) is 3.35. The highest BCUT2D eigenvalue weighted by molar-refractivity contribution is 6.02. The van der Waals surface area contributed by atoms with Crippen molar-refractivity contribution < 1.29 is 14.3 Å². The van der Waals surface area contributed by atoms with Crippen molar-refractivity contribution in [2.75, 3.05) is 18.6 Å². The number of pyridine rings is 1. The van der Waals surface area contributed by atoms with Crippen molar-refractivity contribution in [3.8, 4) is 5.75 Å². The summed E-state index contributed by atoms with van der Waals surface area (Å²) in [6, 6.07) is 14.0. The topological polar surface area (TPSA) is 68.6 Å². The van der Waals surface area contributed by atoms with Crippen LogP contribution in [0.5, 0.6) is 5.75 Å². The van der Waals surface area contributed by atoms with Crippen LogP contribution in [-0.2, 0) is 11.3 Å². The van der Waals surface area contributed by atoms with Gasteiger partial charge in [-0.2, -0.15) is 0 Å². The van der Waals surface area contributed by atoms with Crippen LogP contribution in [0.3, 0.4) is 0 Å². The summed E-state index contributed by atoms with van der Waals surface area (Å²) in [7, 11) is 1.65. The van der Waals surface area contributed by atoms with Gasteiger partial charge in [-0.1, -0.05) is 18.2 Å². The van der Waals surface area contributed by atoms with Crippen LogP contribution >= 0.6 is 0 Å². The SMILES string of the molecule is Cc1cc(=O)n(CC(=O)c2ccc3c(c2)N(C)C(=O)CO3)c2ccccc12. The van der Waals surface area contributed by atoms with Crippen molar-refractivity contribution in [1.29, 1.82) is 0 Å². The number of rotatable bonds is 3. The Morgan fingerprint density at radius 1 is 1.11 bits per heavy atom. The van der Waals surface area contributed by atoms with E-state index in [1.807, 2.05) is 31.2 Å². The number of ketones is 1. The second-order valence-electron chi connectivity index (χ2n) is 6.62. The summed E-state index contributed by atoms with van der Waals surface area (Å²) in [5, 5.41) is 0.939. The Morgan fingerprint density at radius 2 is 1.89 bits per heavy atom. The maximum Gasteiger partial charge on any atom is 0.264 e. The zero-order valence-corrected chi connectivity index (χ0v) is 15.1. The van der Waals surface area contributed by atoms with Crippen molar-refractivity contribution >= 4 is 28.3 Å². The number of fused-ring (bicyclic) bond motifs is 2. The number of amides is 1. The van der Waals surface area contributed by atoms with Gasteiger partial charge in [0, 0.05) is 24.1 Å². The molecule has 2 heterocycles. The van der Waals surface area contributed by atoms with Crippen LogP contribution in [-0.4, -0.2) is 29.9 Å². The number of para-hydroxylation sites is 1. The molecule has 0 saturated carbocycles. The molecule has 1 amide bonds. The van der Waals surface area contributed by atoms with Gasteiger partial charge in [0.25, 0.3) is 11.5 Å². The molecule has 4 rings (SSSR count). The molecule has 0 atom stereocenters. The first kappa shape index (κ1) is 17.0. The summed E-state index contributed by atoms with van der Waals surface area (Å²) in [6.45, 7) is 1.80. The lowest BCUT2D eigenvalue weighted by Crippen LogP contribution is -2.35. The van der Waals surface area contributed by atoms with E-state index in [0.29, 0.717) is 17.0 Å². The van der Waals surface area contributed by atoms with E-state index in [-0.39, 0.29) is 30.4 Å². The summed E-state index contributed by atoms with van der Waals surface area (Å²) in [6.07, 6.45) is 0. The maximum atomic E-state index is 12.9. The second-order valence-corrected chi connectivity index (χ2v) is 6.62. The minimum Gasteiger partial charge on any atom is -0.482 e. The van der Waals surface area contributed by atoms with E-state index in [2.05, 4.69) is 0 Å². The minimum absolute atomic E-state index is 0.0124. The number of nitrogens with zero attached hydrogens (tertiary/aromatic N) is 2. The summed E-state index contributed by atoms with van der Waals surface area (Å²) >= 11 is 0. The van der Waals surface area contributed by atoms with Crippen molar-refractivity contribution in [2.24, 2.45) is 0 Å². The average molecular weight is 362 g/mol. The average Bonchev–Trinajstić information content (AvgIpc) is 2.67. The summed E-state index contributed by atoms with van der Waals surface area (Å²) in [5.41, 5.74) is 2.37. The lowest BCUT2D eigenvalue weighted by molar-refractivity contribution is -0.120. The molecular weight excluding hydrogens is 344 g/mol. The van der Waals surface area contributed by atoms with Gasteiger partial charge in [0.15, 0.2) is 12.4 Å². The zero-order valence-electron chi connectivity index (χ0n) is 15.1. The molecule has 0 unspecified atom stereocenters. The molecule has 27 heavy (non-hydrogen) atoms. The number of aryl methyl sites for hydroxylation is 1. The minimum atomic E-state index is -0.215. The molecule has 1 aliphatic rings. The predicted octanol–water partition coefficient (Wildman–Crippen LogP) is 2.55. The van der Waals surface area contributed by atoms with E-state index >= 15 is 0 Å². The number of hydrogen-bond donors (Lipinski definition) is 0. The standard InChI is InChI=1S/C21H18N2O4/c1-13-9-20(25)23(16-6-4-3-5-15(13)16)11-18(24)14-7-8-19-17(10-14)22(2)21(26)12-27-19/h3-10H,11-12H2,1-2H3. The van der Waals surface area contributed by atoms with Crippen molar-refractivity contribution in [3.05, 3.63) is 70.0 Å². The number of Topliss-reactive ketones (excluding diaryl/α,β-unsaturated/α-hetero) is 1. The van der Waals surface area contributed by atoms with Crippen LogP contribution in [0, 0.1) is 6.92 Å². The fraction of sp³-hybridized carbons (Fsp3) is 0.190. The number of likely N-dealkylation sites (N-methyl/N-ethyl adjacent to an activating group) is 1. The number of carbonyl (C=O) groups is 2. The van der Waals surface area contributed by atoms with E-state index in [9.17, 15) is 14.4 Å². The van der Waals surface area contributed by atoms with Crippen LogP contribution in [0.15, 0.2) is 53.3 Å². The number of hydrogen-bond acceptors (Lipinski definition) is 4. The highest BCUT2D eigenvalue weighted by atomic mass is 16.5. The Labute approximate surface area is 155 Å². The third-order valence-corrected chi connectivity index (χ3v) is 4.89. The van der Waals surface area contributed by atoms with E-state index < -0.39 is 0 Å². The quantitative estimate of drug-likeness (QED) is 0.672. The Bertz CT molecular complexity index is 1150. The fourth-order valence-electron chi connectivity index (χ4n) is 3.35. The Balaban J connectivity index is 1.73. The molecule has 0 fully saturated rings. The van der Waals surface area contributed by atoms with E-state index in [1.54, 1.807) is 31.3 Å². The zero-order chi connectivity index (χ0) is 19.1. The molecular formula is C21H18N2O4. The molecule has 1 aromatic heterocycles. The van der Waals surface area contributed by atoms with E-state index in [4.69, 9.17) is 4.74 Å². The third-order valence-electron chi connectivity index (χ3n) is 4.89. The molecule has 0 bridgehead atoms. The van der Waals surface area contributed by atoms with Crippen LogP contribution in [0.2, 0.25) is 0 Å². The number of anilines is 1. The predicted molar refractivity (Wildman–Crippen MR) is 103 cm³/mol. The van der Waals surface area contributed by atoms with Crippen LogP contribution < -0.4 is 15.2 Å². The summed E-state index contributed by atoms with van der Waals surface area (Å²) in [5.74, 6) is 0.180. The van der Waals surface area contributed by atoms with Gasteiger partial charge in [-0.05, 0) is 36.8 Å². The normalized spacial score (nSPS) is 13.4. The number of benzene rings is 2. The van der Waals surface area contributed by atoms with Crippen molar-refractivity contribution in [3.63, 3.8) is 0 Å². The number of aromatic nitrogens is 1. The first-order valence-electron chi connectivity index (χ1n) is 8.61. The number of carbonyl (C=O) groups excluding carboxylic acids is 2. The van der Waals surface area contributed by atoms with Gasteiger partial charge in [-0.3, -0.25) is 14.4 Å². The van der Waals surface area contributed by atoms with Gasteiger partial charge in [0.05, 0.1) is 17.7 Å². The van der Waals surface area contributed by atoms with Crippen molar-refractivity contribution in [2.45, 2.75) is 13.5 Å². The molecule has 2 aromatic carbocycles. The highest BCUT2D eigenvalue weighted by Crippen LogP contribution is 2.32. The smallest absolute Gasteiger partial charge is 0.264 e. The van der Waals surface area contributed by atoms with Crippen LogP contribution in [0.4, 0.5) is 5.69 Å². The van der Waals surface area contributed by atoms with E-state index in [1.165, 1.54) is 9.47 Å². The molecule has 0 saturated heterocycles. The third kappa shape index (κ3) is 2.89. The molecule has 0 aliphatic carbocycles. The molecule has 0 spiro atoms. The van der Waals surface area contributed by atoms with Gasteiger partial charge >= 0.3 is 0 Å². The molecule has 0 N–H and O–H groups in total. The maximum absolute atomic E-state index is 12.9. The van der Waals surface area contributed by atoms with Gasteiger partial charge in [0.2, 0.25) is 0 Å². The first-order chi connectivity index (χ1) is 13.0. The van der Waals surface area contributed by atoms with Gasteiger partial charge < -0.3 is 14.2 Å². The second kappa shape index (κ2) is 6.39. The lowest BCUT2D eigenvalue weighted by atomic mass is 10.1.